The number of hydrogen-bond donors (Lipinski definition) is 1. The molecule has 74 valence electrons. The summed E-state index contributed by atoms with van der Waals surface area (Å²) in [7, 11) is 1.32. The van der Waals surface area contributed by atoms with Crippen molar-refractivity contribution in [1.29, 1.82) is 0 Å². The van der Waals surface area contributed by atoms with Crippen molar-refractivity contribution in [3.63, 3.8) is 0 Å². The molecule has 1 rings (SSSR count). The Bertz CT molecular complexity index is 371. The van der Waals surface area contributed by atoms with Crippen LogP contribution in [0.1, 0.15) is 22.8 Å². The second-order valence-electron chi connectivity index (χ2n) is 2.76. The average molecular weight is 193 g/mol. The number of rotatable bonds is 2. The van der Waals surface area contributed by atoms with Gasteiger partial charge in [0.25, 0.3) is 0 Å². The van der Waals surface area contributed by atoms with E-state index >= 15 is 0 Å². The van der Waals surface area contributed by atoms with E-state index in [1.54, 1.807) is 31.2 Å². The fourth-order valence-electron chi connectivity index (χ4n) is 1.05. The molecule has 0 atom stereocenters. The lowest BCUT2D eigenvalue weighted by molar-refractivity contribution is 0.0600. The second kappa shape index (κ2) is 4.41. The van der Waals surface area contributed by atoms with E-state index in [-0.39, 0.29) is 0 Å². The van der Waals surface area contributed by atoms with Crippen molar-refractivity contribution >= 4 is 11.7 Å². The molecule has 4 heteroatoms. The lowest BCUT2D eigenvalue weighted by Gasteiger charge is -2.01. The Hall–Kier alpha value is -1.84. The zero-order chi connectivity index (χ0) is 10.6. The average Bonchev–Trinajstić information content (AvgIpc) is 2.27. The number of esters is 1. The Kier molecular flexibility index (Phi) is 3.23. The molecule has 1 aromatic carbocycles. The minimum Gasteiger partial charge on any atom is -0.465 e. The monoisotopic (exact) mass is 193 g/mol. The summed E-state index contributed by atoms with van der Waals surface area (Å²) >= 11 is 0. The van der Waals surface area contributed by atoms with Crippen LogP contribution in [-0.2, 0) is 4.74 Å². The summed E-state index contributed by atoms with van der Waals surface area (Å²) in [6, 6.07) is 6.71. The van der Waals surface area contributed by atoms with E-state index in [0.717, 1.165) is 0 Å². The standard InChI is InChI=1S/C10H11NO3/c1-7(11-13)8-4-3-5-9(6-8)10(12)14-2/h3-6,13H,1-2H3/b11-7+. The topological polar surface area (TPSA) is 58.9 Å². The molecule has 0 heterocycles. The Labute approximate surface area is 81.8 Å². The minimum atomic E-state index is -0.405. The number of oxime groups is 1. The van der Waals surface area contributed by atoms with Crippen LogP contribution in [0.3, 0.4) is 0 Å². The van der Waals surface area contributed by atoms with Crippen LogP contribution in [0.25, 0.3) is 0 Å². The third-order valence-electron chi connectivity index (χ3n) is 1.85. The predicted molar refractivity (Wildman–Crippen MR) is 51.8 cm³/mol. The van der Waals surface area contributed by atoms with E-state index in [1.807, 2.05) is 0 Å². The highest BCUT2D eigenvalue weighted by Crippen LogP contribution is 2.07. The predicted octanol–water partition coefficient (Wildman–Crippen LogP) is 1.67. The summed E-state index contributed by atoms with van der Waals surface area (Å²) in [4.78, 5) is 11.2. The highest BCUT2D eigenvalue weighted by molar-refractivity contribution is 6.00. The number of hydrogen-bond acceptors (Lipinski definition) is 4. The van der Waals surface area contributed by atoms with Crippen molar-refractivity contribution < 1.29 is 14.7 Å². The van der Waals surface area contributed by atoms with E-state index < -0.39 is 5.97 Å². The van der Waals surface area contributed by atoms with Crippen LogP contribution in [0.4, 0.5) is 0 Å². The van der Waals surface area contributed by atoms with E-state index in [1.165, 1.54) is 7.11 Å². The van der Waals surface area contributed by atoms with Crippen molar-refractivity contribution in [2.24, 2.45) is 5.16 Å². The van der Waals surface area contributed by atoms with E-state index in [9.17, 15) is 4.79 Å². The molecule has 0 unspecified atom stereocenters. The quantitative estimate of drug-likeness (QED) is 0.336. The highest BCUT2D eigenvalue weighted by Gasteiger charge is 2.06. The molecule has 4 nitrogen and oxygen atoms in total. The third kappa shape index (κ3) is 2.10. The van der Waals surface area contributed by atoms with Crippen LogP contribution >= 0.6 is 0 Å². The molecular formula is C10H11NO3. The van der Waals surface area contributed by atoms with Gasteiger partial charge in [0.05, 0.1) is 18.4 Å². The van der Waals surface area contributed by atoms with E-state index in [2.05, 4.69) is 9.89 Å². The molecule has 1 N–H and O–H groups in total. The molecule has 14 heavy (non-hydrogen) atoms. The number of methoxy groups -OCH3 is 1. The van der Waals surface area contributed by atoms with Crippen LogP contribution in [0.5, 0.6) is 0 Å². The SMILES string of the molecule is COC(=O)c1cccc(/C(C)=N/O)c1. The summed E-state index contributed by atoms with van der Waals surface area (Å²) in [6.45, 7) is 1.65. The third-order valence-corrected chi connectivity index (χ3v) is 1.85. The molecule has 0 bridgehead atoms. The number of benzene rings is 1. The van der Waals surface area contributed by atoms with Crippen LogP contribution in [0, 0.1) is 0 Å². The molecular weight excluding hydrogens is 182 g/mol. The molecule has 0 amide bonds. The zero-order valence-corrected chi connectivity index (χ0v) is 8.02. The van der Waals surface area contributed by atoms with Gasteiger partial charge >= 0.3 is 5.97 Å². The summed E-state index contributed by atoms with van der Waals surface area (Å²) in [6.07, 6.45) is 0. The molecule has 0 saturated carbocycles. The Morgan fingerprint density at radius 3 is 2.64 bits per heavy atom. The zero-order valence-electron chi connectivity index (χ0n) is 8.02. The minimum absolute atomic E-state index is 0.405. The van der Waals surface area contributed by atoms with Gasteiger partial charge in [-0.15, -0.1) is 0 Å². The van der Waals surface area contributed by atoms with E-state index in [0.29, 0.717) is 16.8 Å². The van der Waals surface area contributed by atoms with Gasteiger partial charge in [-0.05, 0) is 24.6 Å². The van der Waals surface area contributed by atoms with Crippen molar-refractivity contribution in [1.82, 2.24) is 0 Å². The van der Waals surface area contributed by atoms with Gasteiger partial charge in [0.15, 0.2) is 0 Å². The maximum absolute atomic E-state index is 11.2. The van der Waals surface area contributed by atoms with Crippen LogP contribution < -0.4 is 0 Å². The first-order chi connectivity index (χ1) is 6.69. The Balaban J connectivity index is 3.07. The smallest absolute Gasteiger partial charge is 0.337 e. The second-order valence-corrected chi connectivity index (χ2v) is 2.76. The first kappa shape index (κ1) is 10.2. The van der Waals surface area contributed by atoms with Gasteiger partial charge in [-0.1, -0.05) is 17.3 Å². The fraction of sp³-hybridized carbons (Fsp3) is 0.200. The van der Waals surface area contributed by atoms with Gasteiger partial charge in [-0.3, -0.25) is 0 Å². The van der Waals surface area contributed by atoms with Crippen LogP contribution in [-0.4, -0.2) is 24.0 Å². The fourth-order valence-corrected chi connectivity index (χ4v) is 1.05. The molecule has 0 saturated heterocycles. The van der Waals surface area contributed by atoms with Gasteiger partial charge in [-0.2, -0.15) is 0 Å². The summed E-state index contributed by atoms with van der Waals surface area (Å²) in [5.41, 5.74) is 1.58. The molecule has 0 fully saturated rings. The first-order valence-corrected chi connectivity index (χ1v) is 4.06. The van der Waals surface area contributed by atoms with Gasteiger partial charge in [-0.25, -0.2) is 4.79 Å². The summed E-state index contributed by atoms with van der Waals surface area (Å²) < 4.78 is 4.56. The van der Waals surface area contributed by atoms with Gasteiger partial charge in [0.1, 0.15) is 0 Å². The van der Waals surface area contributed by atoms with Crippen molar-refractivity contribution in [2.75, 3.05) is 7.11 Å². The van der Waals surface area contributed by atoms with Crippen LogP contribution in [0.15, 0.2) is 29.4 Å². The van der Waals surface area contributed by atoms with Gasteiger partial charge < -0.3 is 9.94 Å². The van der Waals surface area contributed by atoms with Crippen molar-refractivity contribution in [3.05, 3.63) is 35.4 Å². The highest BCUT2D eigenvalue weighted by atomic mass is 16.5. The molecule has 0 aliphatic heterocycles. The van der Waals surface area contributed by atoms with Crippen LogP contribution in [0.2, 0.25) is 0 Å². The van der Waals surface area contributed by atoms with Crippen molar-refractivity contribution in [2.45, 2.75) is 6.92 Å². The molecule has 0 aliphatic rings. The first-order valence-electron chi connectivity index (χ1n) is 4.06. The number of ether oxygens (including phenoxy) is 1. The number of carbonyl (C=O) groups excluding carboxylic acids is 1. The Morgan fingerprint density at radius 2 is 2.07 bits per heavy atom. The number of carbonyl (C=O) groups is 1. The lowest BCUT2D eigenvalue weighted by Crippen LogP contribution is -2.03. The number of nitrogens with zero attached hydrogens (tertiary/aromatic N) is 1. The molecule has 1 aromatic rings. The molecule has 0 radical (unpaired) electrons. The maximum Gasteiger partial charge on any atom is 0.337 e. The molecule has 0 aromatic heterocycles. The Morgan fingerprint density at radius 1 is 1.43 bits per heavy atom. The van der Waals surface area contributed by atoms with Crippen molar-refractivity contribution in [3.8, 4) is 0 Å². The normalized spacial score (nSPS) is 11.1. The largest absolute Gasteiger partial charge is 0.465 e. The summed E-state index contributed by atoms with van der Waals surface area (Å²) in [5, 5.41) is 11.6. The van der Waals surface area contributed by atoms with E-state index in [4.69, 9.17) is 5.21 Å². The summed E-state index contributed by atoms with van der Waals surface area (Å²) in [5.74, 6) is -0.405. The lowest BCUT2D eigenvalue weighted by atomic mass is 10.1. The molecule has 0 aliphatic carbocycles. The maximum atomic E-state index is 11.2. The molecule has 0 spiro atoms. The van der Waals surface area contributed by atoms with Gasteiger partial charge in [0.2, 0.25) is 0 Å². The van der Waals surface area contributed by atoms with Gasteiger partial charge in [0, 0.05) is 0 Å².